The highest BCUT2D eigenvalue weighted by Crippen LogP contribution is 2.45. The number of nitrogens with two attached hydrogens (primary N) is 1. The van der Waals surface area contributed by atoms with Gasteiger partial charge in [0.25, 0.3) is 0 Å². The van der Waals surface area contributed by atoms with Crippen molar-refractivity contribution >= 4 is 21.7 Å². The topological polar surface area (TPSA) is 73.2 Å². The Morgan fingerprint density at radius 3 is 2.56 bits per heavy atom. The summed E-state index contributed by atoms with van der Waals surface area (Å²) in [6.45, 7) is 1.98. The van der Waals surface area contributed by atoms with Gasteiger partial charge in [-0.15, -0.1) is 0 Å². The van der Waals surface area contributed by atoms with Gasteiger partial charge in [0.05, 0.1) is 24.9 Å². The SMILES string of the molecule is COc1cc(C)c(-c2cn[nH]c2N)c(Br)c1OC. The maximum absolute atomic E-state index is 5.86. The molecule has 0 atom stereocenters. The van der Waals surface area contributed by atoms with Gasteiger partial charge in [-0.1, -0.05) is 0 Å². The van der Waals surface area contributed by atoms with Gasteiger partial charge in [0, 0.05) is 11.1 Å². The molecule has 0 aliphatic rings. The zero-order valence-electron chi connectivity index (χ0n) is 10.4. The molecular formula is C12H14BrN3O2. The molecule has 2 aromatic rings. The third-order valence-corrected chi connectivity index (χ3v) is 3.50. The third-order valence-electron chi connectivity index (χ3n) is 2.75. The van der Waals surface area contributed by atoms with Crippen molar-refractivity contribution in [3.63, 3.8) is 0 Å². The molecule has 6 heteroatoms. The lowest BCUT2D eigenvalue weighted by Gasteiger charge is -2.15. The van der Waals surface area contributed by atoms with E-state index in [2.05, 4.69) is 26.1 Å². The minimum absolute atomic E-state index is 0.519. The zero-order chi connectivity index (χ0) is 13.3. The second-order valence-electron chi connectivity index (χ2n) is 3.82. The van der Waals surface area contributed by atoms with Crippen molar-refractivity contribution in [2.24, 2.45) is 0 Å². The van der Waals surface area contributed by atoms with Gasteiger partial charge >= 0.3 is 0 Å². The maximum atomic E-state index is 5.86. The summed E-state index contributed by atoms with van der Waals surface area (Å²) in [7, 11) is 3.20. The minimum atomic E-state index is 0.519. The second-order valence-corrected chi connectivity index (χ2v) is 4.61. The van der Waals surface area contributed by atoms with E-state index in [0.29, 0.717) is 17.3 Å². The van der Waals surface area contributed by atoms with Gasteiger partial charge in [0.15, 0.2) is 11.5 Å². The Kier molecular flexibility index (Phi) is 3.47. The average molecular weight is 312 g/mol. The highest BCUT2D eigenvalue weighted by molar-refractivity contribution is 9.10. The summed E-state index contributed by atoms with van der Waals surface area (Å²) in [4.78, 5) is 0. The predicted octanol–water partition coefficient (Wildman–Crippen LogP) is 2.75. The molecule has 0 unspecified atom stereocenters. The van der Waals surface area contributed by atoms with Gasteiger partial charge in [0.2, 0.25) is 0 Å². The number of anilines is 1. The quantitative estimate of drug-likeness (QED) is 0.914. The van der Waals surface area contributed by atoms with Gasteiger partial charge < -0.3 is 15.2 Å². The summed E-state index contributed by atoms with van der Waals surface area (Å²) in [5.41, 5.74) is 8.66. The molecule has 1 heterocycles. The molecule has 2 rings (SSSR count). The predicted molar refractivity (Wildman–Crippen MR) is 74.0 cm³/mol. The molecular weight excluding hydrogens is 298 g/mol. The van der Waals surface area contributed by atoms with Crippen molar-refractivity contribution in [1.29, 1.82) is 0 Å². The van der Waals surface area contributed by atoms with Crippen molar-refractivity contribution in [2.45, 2.75) is 6.92 Å². The number of hydrogen-bond donors (Lipinski definition) is 2. The van der Waals surface area contributed by atoms with E-state index >= 15 is 0 Å². The number of H-pyrrole nitrogens is 1. The molecule has 0 radical (unpaired) electrons. The van der Waals surface area contributed by atoms with Gasteiger partial charge in [-0.05, 0) is 34.5 Å². The van der Waals surface area contributed by atoms with Crippen molar-refractivity contribution in [1.82, 2.24) is 10.2 Å². The molecule has 3 N–H and O–H groups in total. The van der Waals surface area contributed by atoms with Crippen LogP contribution in [0.25, 0.3) is 11.1 Å². The molecule has 0 saturated heterocycles. The van der Waals surface area contributed by atoms with Crippen LogP contribution in [-0.4, -0.2) is 24.4 Å². The first kappa shape index (κ1) is 12.8. The van der Waals surface area contributed by atoms with E-state index in [1.54, 1.807) is 20.4 Å². The molecule has 0 saturated carbocycles. The monoisotopic (exact) mass is 311 g/mol. The first-order valence-corrected chi connectivity index (χ1v) is 6.09. The normalized spacial score (nSPS) is 10.4. The van der Waals surface area contributed by atoms with Crippen LogP contribution < -0.4 is 15.2 Å². The van der Waals surface area contributed by atoms with Crippen LogP contribution in [0, 0.1) is 6.92 Å². The van der Waals surface area contributed by atoms with Crippen molar-refractivity contribution in [3.05, 3.63) is 22.3 Å². The van der Waals surface area contributed by atoms with E-state index in [0.717, 1.165) is 21.2 Å². The number of aromatic nitrogens is 2. The van der Waals surface area contributed by atoms with Gasteiger partial charge in [-0.3, -0.25) is 5.10 Å². The average Bonchev–Trinajstić information content (AvgIpc) is 2.75. The fourth-order valence-electron chi connectivity index (χ4n) is 1.90. The first-order chi connectivity index (χ1) is 8.60. The van der Waals surface area contributed by atoms with Crippen LogP contribution in [0.1, 0.15) is 5.56 Å². The van der Waals surface area contributed by atoms with Crippen LogP contribution >= 0.6 is 15.9 Å². The molecule has 1 aromatic carbocycles. The minimum Gasteiger partial charge on any atom is -0.493 e. The lowest BCUT2D eigenvalue weighted by Crippen LogP contribution is -1.97. The summed E-state index contributed by atoms with van der Waals surface area (Å²) >= 11 is 3.54. The summed E-state index contributed by atoms with van der Waals surface area (Å²) in [6, 6.07) is 1.91. The molecule has 18 heavy (non-hydrogen) atoms. The van der Waals surface area contributed by atoms with Crippen LogP contribution in [0.4, 0.5) is 5.82 Å². The highest BCUT2D eigenvalue weighted by atomic mass is 79.9. The number of benzene rings is 1. The Morgan fingerprint density at radius 2 is 2.06 bits per heavy atom. The van der Waals surface area contributed by atoms with Crippen LogP contribution in [0.3, 0.4) is 0 Å². The zero-order valence-corrected chi connectivity index (χ0v) is 12.0. The Balaban J connectivity index is 2.73. The van der Waals surface area contributed by atoms with E-state index in [4.69, 9.17) is 15.2 Å². The number of rotatable bonds is 3. The Hall–Kier alpha value is -1.69. The maximum Gasteiger partial charge on any atom is 0.175 e. The van der Waals surface area contributed by atoms with Crippen LogP contribution in [0.2, 0.25) is 0 Å². The Morgan fingerprint density at radius 1 is 1.33 bits per heavy atom. The molecule has 1 aromatic heterocycles. The molecule has 0 bridgehead atoms. The smallest absolute Gasteiger partial charge is 0.175 e. The number of nitrogens with one attached hydrogen (secondary N) is 1. The van der Waals surface area contributed by atoms with Gasteiger partial charge in [0.1, 0.15) is 5.82 Å². The molecule has 96 valence electrons. The number of ether oxygens (including phenoxy) is 2. The van der Waals surface area contributed by atoms with E-state index in [9.17, 15) is 0 Å². The molecule has 0 spiro atoms. The first-order valence-electron chi connectivity index (χ1n) is 5.30. The number of nitrogens with zero attached hydrogens (tertiary/aromatic N) is 1. The Labute approximate surface area is 113 Å². The van der Waals surface area contributed by atoms with E-state index in [1.165, 1.54) is 0 Å². The van der Waals surface area contributed by atoms with Gasteiger partial charge in [-0.25, -0.2) is 0 Å². The largest absolute Gasteiger partial charge is 0.493 e. The number of aromatic amines is 1. The van der Waals surface area contributed by atoms with Crippen LogP contribution in [0.15, 0.2) is 16.7 Å². The van der Waals surface area contributed by atoms with Crippen molar-refractivity contribution in [2.75, 3.05) is 20.0 Å². The third kappa shape index (κ3) is 1.92. The molecule has 0 fully saturated rings. The van der Waals surface area contributed by atoms with E-state index in [-0.39, 0.29) is 0 Å². The van der Waals surface area contributed by atoms with E-state index < -0.39 is 0 Å². The molecule has 0 amide bonds. The van der Waals surface area contributed by atoms with Crippen LogP contribution in [0.5, 0.6) is 11.5 Å². The highest BCUT2D eigenvalue weighted by Gasteiger charge is 2.19. The van der Waals surface area contributed by atoms with Crippen LogP contribution in [-0.2, 0) is 0 Å². The fourth-order valence-corrected chi connectivity index (χ4v) is 2.78. The van der Waals surface area contributed by atoms with Gasteiger partial charge in [-0.2, -0.15) is 5.10 Å². The number of methoxy groups -OCH3 is 2. The molecule has 0 aliphatic carbocycles. The van der Waals surface area contributed by atoms with Crippen molar-refractivity contribution < 1.29 is 9.47 Å². The number of halogens is 1. The lowest BCUT2D eigenvalue weighted by atomic mass is 10.0. The number of hydrogen-bond acceptors (Lipinski definition) is 4. The second kappa shape index (κ2) is 4.89. The molecule has 5 nitrogen and oxygen atoms in total. The van der Waals surface area contributed by atoms with Crippen molar-refractivity contribution in [3.8, 4) is 22.6 Å². The summed E-state index contributed by atoms with van der Waals surface area (Å²) in [5.74, 6) is 1.83. The lowest BCUT2D eigenvalue weighted by molar-refractivity contribution is 0.353. The fraction of sp³-hybridized carbons (Fsp3) is 0.250. The summed E-state index contributed by atoms with van der Waals surface area (Å²) in [5, 5.41) is 6.66. The standard InChI is InChI=1S/C12H14BrN3O2/c1-6-4-8(17-2)11(18-3)10(13)9(6)7-5-15-16-12(7)14/h4-5H,1-3H3,(H3,14,15,16). The van der Waals surface area contributed by atoms with E-state index in [1.807, 2.05) is 13.0 Å². The number of aryl methyl sites for hydroxylation is 1. The Bertz CT molecular complexity index is 581. The summed E-state index contributed by atoms with van der Waals surface area (Å²) in [6.07, 6.45) is 1.69. The number of nitrogen functional groups attached to an aromatic ring is 1. The molecule has 0 aliphatic heterocycles. The summed E-state index contributed by atoms with van der Waals surface area (Å²) < 4.78 is 11.4.